The van der Waals surface area contributed by atoms with Crippen molar-refractivity contribution in [1.29, 1.82) is 0 Å². The smallest absolute Gasteiger partial charge is 0.205 e. The van der Waals surface area contributed by atoms with E-state index in [1.165, 1.54) is 0 Å². The molecule has 3 aromatic rings. The van der Waals surface area contributed by atoms with Crippen molar-refractivity contribution in [2.75, 3.05) is 0 Å². The van der Waals surface area contributed by atoms with Crippen LogP contribution in [0.15, 0.2) is 43.2 Å². The van der Waals surface area contributed by atoms with Gasteiger partial charge in [-0.05, 0) is 18.2 Å². The Balaban J connectivity index is 1.85. The zero-order valence-corrected chi connectivity index (χ0v) is 11.7. The lowest BCUT2D eigenvalue weighted by Crippen LogP contribution is -2.35. The highest BCUT2D eigenvalue weighted by atomic mass is 14.9. The normalized spacial score (nSPS) is 11.7. The number of H-pyrrole nitrogens is 2. The predicted octanol–water partition coefficient (Wildman–Crippen LogP) is 2.30. The molecule has 0 aliphatic heterocycles. The van der Waals surface area contributed by atoms with Crippen LogP contribution in [0.25, 0.3) is 24.3 Å². The van der Waals surface area contributed by atoms with Crippen LogP contribution >= 0.6 is 0 Å². The minimum Gasteiger partial charge on any atom is -0.345 e. The van der Waals surface area contributed by atoms with Crippen molar-refractivity contribution in [3.05, 3.63) is 66.0 Å². The highest BCUT2D eigenvalue weighted by Gasteiger charge is 2.07. The fourth-order valence-electron chi connectivity index (χ4n) is 2.02. The molecule has 0 amide bonds. The number of hydrogen-bond acceptors (Lipinski definition) is 2. The number of aromatic amines is 2. The summed E-state index contributed by atoms with van der Waals surface area (Å²) in [6.45, 7) is 0. The molecule has 0 saturated carbocycles. The first-order valence-electron chi connectivity index (χ1n) is 6.65. The summed E-state index contributed by atoms with van der Waals surface area (Å²) in [7, 11) is 2.04. The van der Waals surface area contributed by atoms with Crippen LogP contribution in [0, 0.1) is 0 Å². The van der Waals surface area contributed by atoms with E-state index in [0.717, 1.165) is 22.8 Å². The lowest BCUT2D eigenvalue weighted by atomic mass is 10.2. The minimum absolute atomic E-state index is 0.980. The van der Waals surface area contributed by atoms with Gasteiger partial charge in [-0.1, -0.05) is 0 Å². The predicted molar refractivity (Wildman–Crippen MR) is 82.6 cm³/mol. The van der Waals surface area contributed by atoms with E-state index in [0.29, 0.717) is 0 Å². The Kier molecular flexibility index (Phi) is 3.73. The number of aromatic nitrogens is 5. The molecule has 0 saturated heterocycles. The van der Waals surface area contributed by atoms with Gasteiger partial charge in [-0.15, -0.1) is 0 Å². The van der Waals surface area contributed by atoms with E-state index in [-0.39, 0.29) is 0 Å². The summed E-state index contributed by atoms with van der Waals surface area (Å²) in [6, 6.07) is 6.18. The maximum absolute atomic E-state index is 4.00. The number of pyridine rings is 1. The number of nitrogens with zero attached hydrogens (tertiary/aromatic N) is 3. The van der Waals surface area contributed by atoms with Crippen LogP contribution < -0.4 is 4.57 Å². The summed E-state index contributed by atoms with van der Waals surface area (Å²) in [5.74, 6) is 0. The Labute approximate surface area is 122 Å². The summed E-state index contributed by atoms with van der Waals surface area (Å²) in [4.78, 5) is 14.1. The average molecular weight is 278 g/mol. The monoisotopic (exact) mass is 278 g/mol. The molecule has 2 N–H and O–H groups in total. The van der Waals surface area contributed by atoms with Gasteiger partial charge in [0.25, 0.3) is 0 Å². The van der Waals surface area contributed by atoms with Crippen molar-refractivity contribution in [1.82, 2.24) is 19.9 Å². The van der Waals surface area contributed by atoms with Crippen molar-refractivity contribution in [3.63, 3.8) is 0 Å². The second-order valence-electron chi connectivity index (χ2n) is 4.62. The molecule has 0 radical (unpaired) electrons. The summed E-state index contributed by atoms with van der Waals surface area (Å²) in [6.07, 6.45) is 15.0. The molecule has 0 fully saturated rings. The van der Waals surface area contributed by atoms with Crippen LogP contribution in [-0.4, -0.2) is 19.9 Å². The van der Waals surface area contributed by atoms with Gasteiger partial charge in [0, 0.05) is 24.3 Å². The maximum Gasteiger partial charge on any atom is 0.205 e. The Morgan fingerprint density at radius 1 is 0.857 bits per heavy atom. The molecule has 0 aromatic carbocycles. The van der Waals surface area contributed by atoms with E-state index in [1.54, 1.807) is 25.0 Å². The van der Waals surface area contributed by atoms with Gasteiger partial charge >= 0.3 is 0 Å². The summed E-state index contributed by atoms with van der Waals surface area (Å²) in [5, 5.41) is 0. The Morgan fingerprint density at radius 3 is 1.81 bits per heavy atom. The first-order chi connectivity index (χ1) is 10.3. The second-order valence-corrected chi connectivity index (χ2v) is 4.62. The highest BCUT2D eigenvalue weighted by molar-refractivity contribution is 5.67. The van der Waals surface area contributed by atoms with Gasteiger partial charge in [0.2, 0.25) is 11.4 Å². The third-order valence-corrected chi connectivity index (χ3v) is 3.21. The van der Waals surface area contributed by atoms with Gasteiger partial charge in [-0.2, -0.15) is 4.57 Å². The Bertz CT molecular complexity index is 690. The van der Waals surface area contributed by atoms with E-state index in [4.69, 9.17) is 0 Å². The van der Waals surface area contributed by atoms with Crippen molar-refractivity contribution in [2.45, 2.75) is 0 Å². The van der Waals surface area contributed by atoms with Crippen LogP contribution in [0.4, 0.5) is 0 Å². The van der Waals surface area contributed by atoms with Gasteiger partial charge in [-0.25, -0.2) is 9.97 Å². The number of nitrogens with one attached hydrogen (secondary N) is 2. The molecule has 0 unspecified atom stereocenters. The quantitative estimate of drug-likeness (QED) is 0.719. The maximum atomic E-state index is 4.00. The zero-order chi connectivity index (χ0) is 14.5. The fourth-order valence-corrected chi connectivity index (χ4v) is 2.02. The van der Waals surface area contributed by atoms with Crippen molar-refractivity contribution in [3.8, 4) is 0 Å². The van der Waals surface area contributed by atoms with Gasteiger partial charge in [0.15, 0.2) is 0 Å². The topological polar surface area (TPSA) is 61.2 Å². The van der Waals surface area contributed by atoms with Crippen LogP contribution in [0.2, 0.25) is 0 Å². The van der Waals surface area contributed by atoms with E-state index < -0.39 is 0 Å². The van der Waals surface area contributed by atoms with Crippen molar-refractivity contribution in [2.24, 2.45) is 7.05 Å². The highest BCUT2D eigenvalue weighted by Crippen LogP contribution is 2.06. The van der Waals surface area contributed by atoms with Gasteiger partial charge in [0.1, 0.15) is 7.05 Å². The van der Waals surface area contributed by atoms with Gasteiger partial charge in [0.05, 0.1) is 36.4 Å². The lowest BCUT2D eigenvalue weighted by Gasteiger charge is -1.98. The molecule has 0 bridgehead atoms. The fraction of sp³-hybridized carbons (Fsp3) is 0.0625. The summed E-state index contributed by atoms with van der Waals surface area (Å²) in [5.41, 5.74) is 4.18. The Morgan fingerprint density at radius 2 is 1.38 bits per heavy atom. The van der Waals surface area contributed by atoms with Crippen LogP contribution in [0.5, 0.6) is 0 Å². The van der Waals surface area contributed by atoms with Crippen molar-refractivity contribution < 1.29 is 4.57 Å². The molecular weight excluding hydrogens is 262 g/mol. The van der Waals surface area contributed by atoms with Gasteiger partial charge in [-0.3, -0.25) is 0 Å². The largest absolute Gasteiger partial charge is 0.345 e. The van der Waals surface area contributed by atoms with Crippen molar-refractivity contribution >= 4 is 24.3 Å². The van der Waals surface area contributed by atoms with Crippen LogP contribution in [0.3, 0.4) is 0 Å². The zero-order valence-electron chi connectivity index (χ0n) is 11.7. The standard InChI is InChI=1S/C16H15N5/c1-21-15(7-5-13-9-17-11-19-13)3-2-4-16(21)8-6-14-10-18-12-20-14/h2-12H,1H3,(H,17,18,19,20)/p+1. The second kappa shape index (κ2) is 6.00. The number of hydrogen-bond donors (Lipinski definition) is 2. The molecule has 3 heterocycles. The molecule has 21 heavy (non-hydrogen) atoms. The average Bonchev–Trinajstić information content (AvgIpc) is 3.18. The van der Waals surface area contributed by atoms with Crippen LogP contribution in [0.1, 0.15) is 22.8 Å². The molecule has 0 aliphatic rings. The minimum atomic E-state index is 0.980. The molecule has 0 aliphatic carbocycles. The molecule has 104 valence electrons. The lowest BCUT2D eigenvalue weighted by molar-refractivity contribution is -0.675. The van der Waals surface area contributed by atoms with E-state index >= 15 is 0 Å². The number of imidazole rings is 2. The molecule has 3 aromatic heterocycles. The van der Waals surface area contributed by atoms with E-state index in [9.17, 15) is 0 Å². The SMILES string of the molecule is C[n+]1c(/C=C/c2cnc[nH]2)cccc1/C=C/c1cnc[nH]1. The third-order valence-electron chi connectivity index (χ3n) is 3.21. The van der Waals surface area contributed by atoms with Gasteiger partial charge < -0.3 is 9.97 Å². The summed E-state index contributed by atoms with van der Waals surface area (Å²) < 4.78 is 2.12. The molecule has 5 nitrogen and oxygen atoms in total. The molecule has 0 spiro atoms. The molecular formula is C16H16N5+. The molecule has 0 atom stereocenters. The van der Waals surface area contributed by atoms with E-state index in [1.807, 2.05) is 25.3 Å². The first-order valence-corrected chi connectivity index (χ1v) is 6.65. The Hall–Kier alpha value is -2.95. The first kappa shape index (κ1) is 13.1. The molecule has 5 heteroatoms. The third kappa shape index (κ3) is 3.14. The molecule has 3 rings (SSSR count). The number of rotatable bonds is 4. The van der Waals surface area contributed by atoms with E-state index in [2.05, 4.69) is 48.8 Å². The summed E-state index contributed by atoms with van der Waals surface area (Å²) >= 11 is 0. The van der Waals surface area contributed by atoms with Crippen LogP contribution in [-0.2, 0) is 7.05 Å².